The molecule has 0 spiro atoms. The normalized spacial score (nSPS) is 10.5. The monoisotopic (exact) mass is 282 g/mol. The summed E-state index contributed by atoms with van der Waals surface area (Å²) in [5, 5.41) is 11.4. The van der Waals surface area contributed by atoms with Crippen molar-refractivity contribution in [2.75, 3.05) is 12.9 Å². The Morgan fingerprint density at radius 2 is 2.32 bits per heavy atom. The number of thioether (sulfide) groups is 1. The van der Waals surface area contributed by atoms with E-state index in [0.717, 1.165) is 6.07 Å². The second kappa shape index (κ2) is 5.79. The first-order chi connectivity index (χ1) is 9.11. The molecule has 6 nitrogen and oxygen atoms in total. The fraction of sp³-hybridized carbons (Fsp3) is 0.273. The van der Waals surface area contributed by atoms with E-state index < -0.39 is 5.82 Å². The molecule has 0 atom stereocenters. The summed E-state index contributed by atoms with van der Waals surface area (Å²) >= 11 is 1.20. The summed E-state index contributed by atoms with van der Waals surface area (Å²) in [5.41, 5.74) is 0.293. The molecule has 0 amide bonds. The Hall–Kier alpha value is -1.96. The second-order valence-corrected chi connectivity index (χ2v) is 4.59. The summed E-state index contributed by atoms with van der Waals surface area (Å²) in [6.07, 6.45) is 0. The number of ether oxygens (including phenoxy) is 1. The highest BCUT2D eigenvalue weighted by molar-refractivity contribution is 7.99. The highest BCUT2D eigenvalue weighted by Crippen LogP contribution is 2.20. The molecule has 100 valence electrons. The lowest BCUT2D eigenvalue weighted by Crippen LogP contribution is -2.05. The molecule has 0 unspecified atom stereocenters. The van der Waals surface area contributed by atoms with Crippen molar-refractivity contribution in [3.8, 4) is 5.75 Å². The van der Waals surface area contributed by atoms with Crippen LogP contribution in [-0.4, -0.2) is 38.9 Å². The number of tetrazole rings is 1. The van der Waals surface area contributed by atoms with Gasteiger partial charge in [0, 0.05) is 12.6 Å². The topological polar surface area (TPSA) is 69.9 Å². The Labute approximate surface area is 112 Å². The van der Waals surface area contributed by atoms with Gasteiger partial charge in [0.25, 0.3) is 0 Å². The van der Waals surface area contributed by atoms with E-state index in [0.29, 0.717) is 10.7 Å². The molecule has 0 radical (unpaired) electrons. The van der Waals surface area contributed by atoms with Crippen LogP contribution in [0.2, 0.25) is 0 Å². The molecule has 19 heavy (non-hydrogen) atoms. The Morgan fingerprint density at radius 3 is 2.89 bits per heavy atom. The van der Waals surface area contributed by atoms with E-state index in [1.165, 1.54) is 35.7 Å². The second-order valence-electron chi connectivity index (χ2n) is 3.65. The predicted molar refractivity (Wildman–Crippen MR) is 66.8 cm³/mol. The largest absolute Gasteiger partial charge is 0.494 e. The summed E-state index contributed by atoms with van der Waals surface area (Å²) in [7, 11) is 3.05. The van der Waals surface area contributed by atoms with Crippen LogP contribution in [0.25, 0.3) is 0 Å². The fourth-order valence-electron chi connectivity index (χ4n) is 1.40. The first kappa shape index (κ1) is 13.5. The molecule has 1 heterocycles. The summed E-state index contributed by atoms with van der Waals surface area (Å²) in [5.74, 6) is -0.505. The van der Waals surface area contributed by atoms with Crippen molar-refractivity contribution < 1.29 is 13.9 Å². The predicted octanol–water partition coefficient (Wildman–Crippen LogP) is 1.33. The van der Waals surface area contributed by atoms with E-state index in [1.54, 1.807) is 7.05 Å². The molecule has 2 aromatic rings. The fourth-order valence-corrected chi connectivity index (χ4v) is 2.14. The molecule has 0 saturated carbocycles. The van der Waals surface area contributed by atoms with Crippen LogP contribution < -0.4 is 4.74 Å². The minimum absolute atomic E-state index is 0.113. The molecule has 0 bridgehead atoms. The molecule has 1 aromatic carbocycles. The maximum absolute atomic E-state index is 13.5. The Balaban J connectivity index is 2.04. The van der Waals surface area contributed by atoms with Crippen LogP contribution in [0, 0.1) is 5.82 Å². The van der Waals surface area contributed by atoms with E-state index in [4.69, 9.17) is 4.74 Å². The van der Waals surface area contributed by atoms with Gasteiger partial charge in [0.05, 0.1) is 12.9 Å². The van der Waals surface area contributed by atoms with Crippen LogP contribution >= 0.6 is 11.8 Å². The molecule has 0 fully saturated rings. The number of carbonyl (C=O) groups is 1. The molecule has 0 aliphatic rings. The van der Waals surface area contributed by atoms with Crippen LogP contribution in [0.15, 0.2) is 23.4 Å². The molecule has 8 heteroatoms. The number of ketones is 1. The van der Waals surface area contributed by atoms with Crippen LogP contribution in [0.3, 0.4) is 0 Å². The number of rotatable bonds is 5. The summed E-state index contributed by atoms with van der Waals surface area (Å²) in [6.45, 7) is 0. The number of aromatic nitrogens is 4. The number of aryl methyl sites for hydroxylation is 1. The number of benzene rings is 1. The van der Waals surface area contributed by atoms with Crippen molar-refractivity contribution in [2.45, 2.75) is 5.16 Å². The molecule has 0 aliphatic carbocycles. The minimum atomic E-state index is -0.557. The molecule has 2 rings (SSSR count). The first-order valence-electron chi connectivity index (χ1n) is 5.33. The summed E-state index contributed by atoms with van der Waals surface area (Å²) in [4.78, 5) is 11.9. The number of hydrogen-bond donors (Lipinski definition) is 0. The van der Waals surface area contributed by atoms with E-state index >= 15 is 0 Å². The number of hydrogen-bond acceptors (Lipinski definition) is 6. The van der Waals surface area contributed by atoms with E-state index in [1.807, 2.05) is 0 Å². The minimum Gasteiger partial charge on any atom is -0.494 e. The number of nitrogens with zero attached hydrogens (tertiary/aromatic N) is 4. The number of Topliss-reactive ketones (excluding diaryl/α,β-unsaturated/α-hetero) is 1. The standard InChI is InChI=1S/C11H11FN4O2S/c1-16-11(13-14-15-16)19-6-9(17)7-3-4-10(18-2)8(12)5-7/h3-5H,6H2,1-2H3. The summed E-state index contributed by atoms with van der Waals surface area (Å²) < 4.78 is 19.7. The zero-order valence-corrected chi connectivity index (χ0v) is 11.1. The molecule has 0 aliphatic heterocycles. The zero-order chi connectivity index (χ0) is 13.8. The number of methoxy groups -OCH3 is 1. The van der Waals surface area contributed by atoms with Crippen LogP contribution in [0.5, 0.6) is 5.75 Å². The molecule has 1 aromatic heterocycles. The first-order valence-corrected chi connectivity index (χ1v) is 6.32. The van der Waals surface area contributed by atoms with Crippen molar-refractivity contribution >= 4 is 17.5 Å². The van der Waals surface area contributed by atoms with Gasteiger partial charge >= 0.3 is 0 Å². The van der Waals surface area contributed by atoms with Gasteiger partial charge in [-0.25, -0.2) is 9.07 Å². The maximum atomic E-state index is 13.5. The van der Waals surface area contributed by atoms with Crippen LogP contribution in [0.4, 0.5) is 4.39 Å². The van der Waals surface area contributed by atoms with Gasteiger partial charge in [0.15, 0.2) is 17.3 Å². The zero-order valence-electron chi connectivity index (χ0n) is 10.3. The van der Waals surface area contributed by atoms with Gasteiger partial charge < -0.3 is 4.74 Å². The van der Waals surface area contributed by atoms with Crippen molar-refractivity contribution in [1.29, 1.82) is 0 Å². The highest BCUT2D eigenvalue weighted by Gasteiger charge is 2.12. The average Bonchev–Trinajstić information content (AvgIpc) is 2.81. The lowest BCUT2D eigenvalue weighted by atomic mass is 10.1. The van der Waals surface area contributed by atoms with E-state index in [-0.39, 0.29) is 17.3 Å². The lowest BCUT2D eigenvalue weighted by Gasteiger charge is -2.04. The highest BCUT2D eigenvalue weighted by atomic mass is 32.2. The van der Waals surface area contributed by atoms with E-state index in [2.05, 4.69) is 15.5 Å². The molecule has 0 N–H and O–H groups in total. The van der Waals surface area contributed by atoms with Gasteiger partial charge in [-0.2, -0.15) is 0 Å². The third-order valence-electron chi connectivity index (χ3n) is 2.39. The van der Waals surface area contributed by atoms with E-state index in [9.17, 15) is 9.18 Å². The SMILES string of the molecule is COc1ccc(C(=O)CSc2nnnn2C)cc1F. The number of halogens is 1. The quantitative estimate of drug-likeness (QED) is 0.608. The van der Waals surface area contributed by atoms with Crippen LogP contribution in [-0.2, 0) is 7.05 Å². The third kappa shape index (κ3) is 3.08. The van der Waals surface area contributed by atoms with Gasteiger partial charge in [0.2, 0.25) is 5.16 Å². The smallest absolute Gasteiger partial charge is 0.209 e. The Kier molecular flexibility index (Phi) is 4.10. The average molecular weight is 282 g/mol. The van der Waals surface area contributed by atoms with Crippen molar-refractivity contribution in [2.24, 2.45) is 7.05 Å². The molecule has 0 saturated heterocycles. The van der Waals surface area contributed by atoms with Crippen molar-refractivity contribution in [3.63, 3.8) is 0 Å². The third-order valence-corrected chi connectivity index (χ3v) is 3.40. The molecular weight excluding hydrogens is 271 g/mol. The van der Waals surface area contributed by atoms with Gasteiger partial charge in [0.1, 0.15) is 0 Å². The van der Waals surface area contributed by atoms with Gasteiger partial charge in [-0.05, 0) is 28.6 Å². The van der Waals surface area contributed by atoms with Crippen molar-refractivity contribution in [3.05, 3.63) is 29.6 Å². The van der Waals surface area contributed by atoms with Crippen LogP contribution in [0.1, 0.15) is 10.4 Å². The van der Waals surface area contributed by atoms with Gasteiger partial charge in [-0.3, -0.25) is 4.79 Å². The van der Waals surface area contributed by atoms with Gasteiger partial charge in [-0.1, -0.05) is 11.8 Å². The maximum Gasteiger partial charge on any atom is 0.209 e. The van der Waals surface area contributed by atoms with Gasteiger partial charge in [-0.15, -0.1) is 5.10 Å². The summed E-state index contributed by atoms with van der Waals surface area (Å²) in [6, 6.07) is 4.12. The molecular formula is C11H11FN4O2S. The Bertz CT molecular complexity index is 602. The Morgan fingerprint density at radius 1 is 1.53 bits per heavy atom. The number of carbonyl (C=O) groups excluding carboxylic acids is 1. The lowest BCUT2D eigenvalue weighted by molar-refractivity contribution is 0.102. The van der Waals surface area contributed by atoms with Crippen molar-refractivity contribution in [1.82, 2.24) is 20.2 Å².